The standard InChI is InChI=1S/C44H34N2.C26H22BrN.C18H14BNO2/c1-31-12-11-17-38(28-31)45(37-23-20-34(21-24-37)33-13-5-3-6-14-33)39-25-26-40(32(2)29-39)35-22-27-44-42(30-35)41-18-9-10-19-43(41)46(44)36-15-7-4-8-16-36;1-19-7-6-10-24(17-19)28(25-15-16-26(27)20(2)18-25)23-13-11-22(12-14-23)21-8-4-3-5-9-21;21-19(22)13-10-11-18-16(12-13)15-8-4-5-9-17(15)20(18)14-6-2-1-3-7-14/h3-30H,1-2H3;3-18H,1-2H3;1-12,21-22H. The number of hydrogen-bond acceptors (Lipinski definition) is 4. The van der Waals surface area contributed by atoms with Crippen molar-refractivity contribution in [2.45, 2.75) is 27.7 Å². The predicted molar refractivity (Wildman–Crippen MR) is 410 cm³/mol. The van der Waals surface area contributed by atoms with Gasteiger partial charge in [0.2, 0.25) is 0 Å². The summed E-state index contributed by atoms with van der Waals surface area (Å²) < 4.78 is 5.69. The molecule has 0 aliphatic heterocycles. The zero-order chi connectivity index (χ0) is 65.7. The second kappa shape index (κ2) is 27.7. The van der Waals surface area contributed by atoms with Gasteiger partial charge >= 0.3 is 7.12 Å². The second-order valence-corrected chi connectivity index (χ2v) is 25.2. The van der Waals surface area contributed by atoms with E-state index >= 15 is 0 Å². The maximum absolute atomic E-state index is 9.43. The summed E-state index contributed by atoms with van der Waals surface area (Å²) in [5.41, 5.74) is 26.5. The highest BCUT2D eigenvalue weighted by molar-refractivity contribution is 9.10. The first-order valence-electron chi connectivity index (χ1n) is 32.5. The van der Waals surface area contributed by atoms with E-state index < -0.39 is 7.12 Å². The van der Waals surface area contributed by atoms with Crippen LogP contribution in [0.15, 0.2) is 344 Å². The molecule has 2 heterocycles. The van der Waals surface area contributed by atoms with Crippen LogP contribution in [0.5, 0.6) is 0 Å². The summed E-state index contributed by atoms with van der Waals surface area (Å²) in [6.07, 6.45) is 0. The molecule has 16 rings (SSSR count). The highest BCUT2D eigenvalue weighted by atomic mass is 79.9. The Hall–Kier alpha value is -11.3. The lowest BCUT2D eigenvalue weighted by Crippen LogP contribution is -2.29. The van der Waals surface area contributed by atoms with E-state index in [0.717, 1.165) is 66.1 Å². The van der Waals surface area contributed by atoms with Gasteiger partial charge in [-0.15, -0.1) is 0 Å². The van der Waals surface area contributed by atoms with Crippen LogP contribution in [0.4, 0.5) is 34.1 Å². The third-order valence-electron chi connectivity index (χ3n) is 17.9. The minimum Gasteiger partial charge on any atom is -0.423 e. The van der Waals surface area contributed by atoms with Gasteiger partial charge in [-0.3, -0.25) is 0 Å². The lowest BCUT2D eigenvalue weighted by atomic mass is 9.80. The van der Waals surface area contributed by atoms with Crippen LogP contribution >= 0.6 is 15.9 Å². The van der Waals surface area contributed by atoms with Crippen LogP contribution in [0, 0.1) is 27.7 Å². The average molecular weight is 1310 g/mol. The van der Waals surface area contributed by atoms with Crippen molar-refractivity contribution in [3.63, 3.8) is 0 Å². The molecule has 464 valence electrons. The number of hydrogen-bond donors (Lipinski definition) is 2. The highest BCUT2D eigenvalue weighted by Gasteiger charge is 2.20. The van der Waals surface area contributed by atoms with Gasteiger partial charge in [-0.25, -0.2) is 0 Å². The highest BCUT2D eigenvalue weighted by Crippen LogP contribution is 2.42. The van der Waals surface area contributed by atoms with Crippen molar-refractivity contribution in [1.29, 1.82) is 0 Å². The van der Waals surface area contributed by atoms with Crippen LogP contribution < -0.4 is 15.3 Å². The van der Waals surface area contributed by atoms with Gasteiger partial charge in [0, 0.05) is 71.5 Å². The van der Waals surface area contributed by atoms with Crippen LogP contribution in [0.1, 0.15) is 22.3 Å². The van der Waals surface area contributed by atoms with Crippen molar-refractivity contribution in [3.8, 4) is 44.8 Å². The first-order chi connectivity index (χ1) is 47.0. The number of aryl methyl sites for hydroxylation is 4. The Bertz CT molecular complexity index is 5380. The third-order valence-corrected chi connectivity index (χ3v) is 18.7. The number of rotatable bonds is 12. The number of para-hydroxylation sites is 4. The quantitative estimate of drug-likeness (QED) is 0.120. The molecular formula is C88H70BBrN4O2. The average Bonchev–Trinajstić information content (AvgIpc) is 1.60. The van der Waals surface area contributed by atoms with Gasteiger partial charge in [0.1, 0.15) is 0 Å². The first-order valence-corrected chi connectivity index (χ1v) is 33.3. The van der Waals surface area contributed by atoms with E-state index in [9.17, 15) is 10.0 Å². The third kappa shape index (κ3) is 12.9. The van der Waals surface area contributed by atoms with Crippen LogP contribution in [-0.4, -0.2) is 26.3 Å². The van der Waals surface area contributed by atoms with E-state index in [0.29, 0.717) is 5.46 Å². The van der Waals surface area contributed by atoms with Crippen molar-refractivity contribution < 1.29 is 10.0 Å². The molecule has 0 saturated carbocycles. The number of aromatic nitrogens is 2. The lowest BCUT2D eigenvalue weighted by Gasteiger charge is -2.27. The van der Waals surface area contributed by atoms with Crippen molar-refractivity contribution in [2.75, 3.05) is 9.80 Å². The predicted octanol–water partition coefficient (Wildman–Crippen LogP) is 22.9. The Labute approximate surface area is 570 Å². The summed E-state index contributed by atoms with van der Waals surface area (Å²) >= 11 is 3.62. The summed E-state index contributed by atoms with van der Waals surface area (Å²) in [6.45, 7) is 8.64. The smallest absolute Gasteiger partial charge is 0.423 e. The fourth-order valence-corrected chi connectivity index (χ4v) is 13.4. The molecule has 0 unspecified atom stereocenters. The van der Waals surface area contributed by atoms with Crippen LogP contribution in [0.3, 0.4) is 0 Å². The summed E-state index contributed by atoms with van der Waals surface area (Å²) in [5, 5.41) is 23.5. The molecule has 0 aliphatic rings. The molecule has 0 radical (unpaired) electrons. The second-order valence-electron chi connectivity index (χ2n) is 24.4. The molecule has 0 bridgehead atoms. The zero-order valence-corrected chi connectivity index (χ0v) is 55.6. The Kier molecular flexibility index (Phi) is 18.0. The fraction of sp³-hybridized carbons (Fsp3) is 0.0455. The number of fused-ring (bicyclic) bond motifs is 6. The lowest BCUT2D eigenvalue weighted by molar-refractivity contribution is 0.426. The molecule has 0 amide bonds. The van der Waals surface area contributed by atoms with E-state index in [1.807, 2.05) is 48.5 Å². The molecule has 8 heteroatoms. The van der Waals surface area contributed by atoms with E-state index in [1.165, 1.54) is 83.1 Å². The van der Waals surface area contributed by atoms with Crippen LogP contribution in [0.25, 0.3) is 88.4 Å². The Balaban J connectivity index is 0.000000135. The van der Waals surface area contributed by atoms with E-state index in [2.05, 4.69) is 348 Å². The van der Waals surface area contributed by atoms with Crippen molar-refractivity contribution >= 4 is 106 Å². The molecule has 96 heavy (non-hydrogen) atoms. The Morgan fingerprint density at radius 3 is 1.11 bits per heavy atom. The maximum atomic E-state index is 9.43. The molecule has 14 aromatic carbocycles. The number of benzene rings is 14. The molecule has 0 aliphatic carbocycles. The molecule has 0 atom stereocenters. The fourth-order valence-electron chi connectivity index (χ4n) is 13.2. The summed E-state index contributed by atoms with van der Waals surface area (Å²) in [5.74, 6) is 0. The van der Waals surface area contributed by atoms with Gasteiger partial charge in [0.15, 0.2) is 0 Å². The largest absolute Gasteiger partial charge is 0.488 e. The van der Waals surface area contributed by atoms with Crippen molar-refractivity contribution in [3.05, 3.63) is 366 Å². The Morgan fingerprint density at radius 1 is 0.281 bits per heavy atom. The minimum atomic E-state index is -1.46. The molecule has 2 N–H and O–H groups in total. The molecule has 16 aromatic rings. The molecule has 0 fully saturated rings. The topological polar surface area (TPSA) is 56.8 Å². The Morgan fingerprint density at radius 2 is 0.656 bits per heavy atom. The molecular weight excluding hydrogens is 1240 g/mol. The van der Waals surface area contributed by atoms with Crippen LogP contribution in [-0.2, 0) is 0 Å². The van der Waals surface area contributed by atoms with Gasteiger partial charge in [-0.1, -0.05) is 222 Å². The minimum absolute atomic E-state index is 0.503. The van der Waals surface area contributed by atoms with E-state index in [1.54, 1.807) is 6.07 Å². The zero-order valence-electron chi connectivity index (χ0n) is 54.0. The summed E-state index contributed by atoms with van der Waals surface area (Å²) in [7, 11) is -1.46. The first kappa shape index (κ1) is 62.2. The van der Waals surface area contributed by atoms with E-state index in [4.69, 9.17) is 0 Å². The van der Waals surface area contributed by atoms with E-state index in [-0.39, 0.29) is 0 Å². The van der Waals surface area contributed by atoms with Gasteiger partial charge in [-0.05, 0) is 222 Å². The maximum Gasteiger partial charge on any atom is 0.488 e. The normalized spacial score (nSPS) is 11.1. The van der Waals surface area contributed by atoms with Gasteiger partial charge in [0.25, 0.3) is 0 Å². The monoisotopic (exact) mass is 1300 g/mol. The number of nitrogens with zero attached hydrogens (tertiary/aromatic N) is 4. The van der Waals surface area contributed by atoms with Gasteiger partial charge < -0.3 is 29.0 Å². The molecule has 6 nitrogen and oxygen atoms in total. The van der Waals surface area contributed by atoms with Crippen molar-refractivity contribution in [2.24, 2.45) is 0 Å². The molecule has 0 spiro atoms. The van der Waals surface area contributed by atoms with Crippen LogP contribution in [0.2, 0.25) is 0 Å². The summed E-state index contributed by atoms with van der Waals surface area (Å²) in [6, 6.07) is 120. The van der Waals surface area contributed by atoms with Gasteiger partial charge in [-0.2, -0.15) is 0 Å². The van der Waals surface area contributed by atoms with Crippen molar-refractivity contribution in [1.82, 2.24) is 9.13 Å². The molecule has 2 aromatic heterocycles. The van der Waals surface area contributed by atoms with Gasteiger partial charge in [0.05, 0.1) is 22.1 Å². The SMILES string of the molecule is Cc1cccc(N(c2ccc(-c3ccccc3)cc2)c2ccc(-c3ccc4c(c3)c3ccccc3n4-c3ccccc3)c(C)c2)c1.Cc1cccc(N(c2ccc(-c3ccccc3)cc2)c2ccc(Br)c(C)c2)c1.OB(O)c1ccc2c(c1)c1ccccc1n2-c1ccccc1. The summed E-state index contributed by atoms with van der Waals surface area (Å²) in [4.78, 5) is 4.66. The number of anilines is 6. The number of halogens is 1. The molecule has 0 saturated heterocycles.